The van der Waals surface area contributed by atoms with Gasteiger partial charge in [0.2, 0.25) is 5.43 Å². The van der Waals surface area contributed by atoms with Crippen molar-refractivity contribution in [2.75, 3.05) is 0 Å². The van der Waals surface area contributed by atoms with Gasteiger partial charge >= 0.3 is 0 Å². The zero-order valence-electron chi connectivity index (χ0n) is 13.9. The van der Waals surface area contributed by atoms with Crippen LogP contribution in [-0.2, 0) is 0 Å². The molecular formula is C19H16N2O2S2. The average Bonchev–Trinajstić information content (AvgIpc) is 3.15. The predicted octanol–water partition coefficient (Wildman–Crippen LogP) is 4.67. The third-order valence-corrected chi connectivity index (χ3v) is 6.35. The van der Waals surface area contributed by atoms with E-state index in [2.05, 4.69) is 0 Å². The van der Waals surface area contributed by atoms with Crippen molar-refractivity contribution < 1.29 is 0 Å². The fourth-order valence-electron chi connectivity index (χ4n) is 2.94. The largest absolute Gasteiger partial charge is 0.288 e. The first-order valence-corrected chi connectivity index (χ1v) is 9.83. The molecule has 0 saturated heterocycles. The van der Waals surface area contributed by atoms with E-state index in [0.717, 1.165) is 16.0 Å². The zero-order chi connectivity index (χ0) is 17.6. The number of hydrogen-bond donors (Lipinski definition) is 0. The van der Waals surface area contributed by atoms with Crippen LogP contribution in [0.1, 0.15) is 26.3 Å². The summed E-state index contributed by atoms with van der Waals surface area (Å²) in [5.41, 5.74) is -0.466. The Hall–Kier alpha value is -2.31. The van der Waals surface area contributed by atoms with Crippen molar-refractivity contribution in [3.05, 3.63) is 62.4 Å². The van der Waals surface area contributed by atoms with Gasteiger partial charge in [-0.2, -0.15) is 0 Å². The van der Waals surface area contributed by atoms with E-state index in [1.54, 1.807) is 22.0 Å². The molecule has 4 aromatic rings. The van der Waals surface area contributed by atoms with Gasteiger partial charge in [-0.1, -0.05) is 25.1 Å². The highest BCUT2D eigenvalue weighted by Crippen LogP contribution is 2.28. The number of benzene rings is 1. The van der Waals surface area contributed by atoms with Crippen LogP contribution in [0.4, 0.5) is 0 Å². The van der Waals surface area contributed by atoms with Crippen LogP contribution in [-0.4, -0.2) is 9.55 Å². The molecule has 0 spiro atoms. The SMILES string of the molecule is CC[C@H](C)n1c(-c2cccs2)nc2sc3ccccc3c(=O)c2c1=O. The highest BCUT2D eigenvalue weighted by molar-refractivity contribution is 7.24. The van der Waals surface area contributed by atoms with E-state index in [1.807, 2.05) is 49.6 Å². The lowest BCUT2D eigenvalue weighted by Crippen LogP contribution is -2.29. The monoisotopic (exact) mass is 368 g/mol. The summed E-state index contributed by atoms with van der Waals surface area (Å²) in [5.74, 6) is 0.646. The molecule has 126 valence electrons. The summed E-state index contributed by atoms with van der Waals surface area (Å²) in [6.07, 6.45) is 0.788. The molecular weight excluding hydrogens is 352 g/mol. The van der Waals surface area contributed by atoms with E-state index in [0.29, 0.717) is 16.0 Å². The van der Waals surface area contributed by atoms with E-state index in [9.17, 15) is 9.59 Å². The highest BCUT2D eigenvalue weighted by Gasteiger charge is 2.20. The Labute approximate surface area is 152 Å². The fraction of sp³-hybridized carbons (Fsp3) is 0.211. The Kier molecular flexibility index (Phi) is 4.01. The van der Waals surface area contributed by atoms with Gasteiger partial charge in [-0.3, -0.25) is 14.2 Å². The Morgan fingerprint density at radius 1 is 1.16 bits per heavy atom. The van der Waals surface area contributed by atoms with E-state index in [1.165, 1.54) is 11.3 Å². The number of aromatic nitrogens is 2. The maximum Gasteiger partial charge on any atom is 0.266 e. The molecule has 4 rings (SSSR count). The van der Waals surface area contributed by atoms with E-state index < -0.39 is 0 Å². The van der Waals surface area contributed by atoms with Crippen LogP contribution in [0.5, 0.6) is 0 Å². The van der Waals surface area contributed by atoms with Crippen molar-refractivity contribution in [2.45, 2.75) is 26.3 Å². The third kappa shape index (κ3) is 2.53. The Balaban J connectivity index is 2.21. The molecule has 6 heteroatoms. The van der Waals surface area contributed by atoms with E-state index in [-0.39, 0.29) is 22.4 Å². The summed E-state index contributed by atoms with van der Waals surface area (Å²) in [6, 6.07) is 11.3. The van der Waals surface area contributed by atoms with Crippen LogP contribution in [0.15, 0.2) is 51.4 Å². The number of thiophene rings is 1. The lowest BCUT2D eigenvalue weighted by atomic mass is 10.2. The highest BCUT2D eigenvalue weighted by atomic mass is 32.1. The molecule has 1 atom stereocenters. The molecule has 0 aliphatic rings. The smallest absolute Gasteiger partial charge is 0.266 e. The molecule has 0 unspecified atom stereocenters. The molecule has 0 radical (unpaired) electrons. The van der Waals surface area contributed by atoms with Gasteiger partial charge in [0.15, 0.2) is 5.82 Å². The second kappa shape index (κ2) is 6.20. The lowest BCUT2D eigenvalue weighted by molar-refractivity contribution is 0.517. The van der Waals surface area contributed by atoms with Gasteiger partial charge in [0.05, 0.1) is 4.88 Å². The van der Waals surface area contributed by atoms with Crippen LogP contribution in [0.2, 0.25) is 0 Å². The maximum absolute atomic E-state index is 13.2. The number of rotatable bonds is 3. The molecule has 0 bridgehead atoms. The third-order valence-electron chi connectivity index (χ3n) is 4.42. The zero-order valence-corrected chi connectivity index (χ0v) is 15.5. The lowest BCUT2D eigenvalue weighted by Gasteiger charge is -2.17. The van der Waals surface area contributed by atoms with Crippen LogP contribution in [0, 0.1) is 0 Å². The second-order valence-corrected chi connectivity index (χ2v) is 7.93. The van der Waals surface area contributed by atoms with Crippen molar-refractivity contribution in [3.8, 4) is 10.7 Å². The molecule has 0 fully saturated rings. The van der Waals surface area contributed by atoms with Gasteiger partial charge in [0.1, 0.15) is 10.2 Å². The van der Waals surface area contributed by atoms with Gasteiger partial charge in [-0.05, 0) is 36.9 Å². The minimum Gasteiger partial charge on any atom is -0.288 e. The first-order valence-electron chi connectivity index (χ1n) is 8.13. The van der Waals surface area contributed by atoms with Crippen molar-refractivity contribution in [1.29, 1.82) is 0 Å². The summed E-state index contributed by atoms with van der Waals surface area (Å²) in [7, 11) is 0. The van der Waals surface area contributed by atoms with E-state index in [4.69, 9.17) is 4.98 Å². The summed E-state index contributed by atoms with van der Waals surface area (Å²) in [4.78, 5) is 32.4. The van der Waals surface area contributed by atoms with Gasteiger partial charge < -0.3 is 0 Å². The van der Waals surface area contributed by atoms with Crippen LogP contribution >= 0.6 is 22.7 Å². The Morgan fingerprint density at radius 3 is 2.68 bits per heavy atom. The van der Waals surface area contributed by atoms with Crippen molar-refractivity contribution >= 4 is 43.0 Å². The molecule has 3 heterocycles. The molecule has 0 saturated carbocycles. The minimum absolute atomic E-state index is 0.0302. The molecule has 25 heavy (non-hydrogen) atoms. The molecule has 0 aliphatic heterocycles. The van der Waals surface area contributed by atoms with Crippen LogP contribution in [0.25, 0.3) is 31.0 Å². The van der Waals surface area contributed by atoms with Gasteiger partial charge in [-0.15, -0.1) is 22.7 Å². The quantitative estimate of drug-likeness (QED) is 0.494. The van der Waals surface area contributed by atoms with Crippen molar-refractivity contribution in [2.24, 2.45) is 0 Å². The van der Waals surface area contributed by atoms with E-state index >= 15 is 0 Å². The maximum atomic E-state index is 13.2. The summed E-state index contributed by atoms with van der Waals surface area (Å²) < 4.78 is 2.53. The van der Waals surface area contributed by atoms with Gasteiger partial charge in [-0.25, -0.2) is 4.98 Å². The summed E-state index contributed by atoms with van der Waals surface area (Å²) >= 11 is 2.95. The number of nitrogens with zero attached hydrogens (tertiary/aromatic N) is 2. The standard InChI is InChI=1S/C19H16N2O2S2/c1-3-11(2)21-17(14-9-6-10-24-14)20-18-15(19(21)23)16(22)12-7-4-5-8-13(12)25-18/h4-11H,3H2,1-2H3/t11-/m0/s1. The second-order valence-electron chi connectivity index (χ2n) is 5.95. The first-order chi connectivity index (χ1) is 12.1. The van der Waals surface area contributed by atoms with Crippen molar-refractivity contribution in [1.82, 2.24) is 9.55 Å². The summed E-state index contributed by atoms with van der Waals surface area (Å²) in [6.45, 7) is 4.02. The van der Waals surface area contributed by atoms with Crippen molar-refractivity contribution in [3.63, 3.8) is 0 Å². The molecule has 3 aromatic heterocycles. The topological polar surface area (TPSA) is 52.0 Å². The van der Waals surface area contributed by atoms with Crippen LogP contribution < -0.4 is 11.0 Å². The minimum atomic E-state index is -0.241. The Bertz CT molecular complexity index is 1190. The summed E-state index contributed by atoms with van der Waals surface area (Å²) in [5, 5.41) is 2.75. The Morgan fingerprint density at radius 2 is 1.96 bits per heavy atom. The predicted molar refractivity (Wildman–Crippen MR) is 106 cm³/mol. The fourth-order valence-corrected chi connectivity index (χ4v) is 4.69. The molecule has 0 aliphatic carbocycles. The molecule has 0 N–H and O–H groups in total. The molecule has 0 amide bonds. The van der Waals surface area contributed by atoms with Gasteiger partial charge in [0, 0.05) is 16.1 Å². The van der Waals surface area contributed by atoms with Crippen LogP contribution in [0.3, 0.4) is 0 Å². The number of fused-ring (bicyclic) bond motifs is 2. The average molecular weight is 368 g/mol. The first kappa shape index (κ1) is 16.2. The number of hydrogen-bond acceptors (Lipinski definition) is 5. The normalized spacial score (nSPS) is 12.7. The van der Waals surface area contributed by atoms with Gasteiger partial charge in [0.25, 0.3) is 5.56 Å². The molecule has 4 nitrogen and oxygen atoms in total. The molecule has 1 aromatic carbocycles.